The second-order valence-electron chi connectivity index (χ2n) is 13.3. The van der Waals surface area contributed by atoms with Gasteiger partial charge in [0.2, 0.25) is 0 Å². The number of aromatic nitrogens is 2. The van der Waals surface area contributed by atoms with Crippen LogP contribution in [-0.2, 0) is 5.41 Å². The molecule has 0 N–H and O–H groups in total. The van der Waals surface area contributed by atoms with Crippen molar-refractivity contribution >= 4 is 21.7 Å². The van der Waals surface area contributed by atoms with Crippen LogP contribution in [0.3, 0.4) is 0 Å². The standard InChI is InChI=1S/C49H32N2/c1-5-15-33(16-6-1)47-43-30-37(26-28-46(43)50-48(51-47)34-17-7-2-8-18-34)38-25-27-41-42-29-35-19-13-14-20-36(35)31-45(42)49(44(41)32-38,39-21-9-3-10-22-39)40-23-11-4-12-24-40/h1-32H. The Morgan fingerprint density at radius 1 is 0.353 bits per heavy atom. The fourth-order valence-electron chi connectivity index (χ4n) is 8.19. The summed E-state index contributed by atoms with van der Waals surface area (Å²) in [5, 5.41) is 3.53. The monoisotopic (exact) mass is 648 g/mol. The average molecular weight is 649 g/mol. The van der Waals surface area contributed by atoms with E-state index in [-0.39, 0.29) is 0 Å². The van der Waals surface area contributed by atoms with Crippen molar-refractivity contribution < 1.29 is 0 Å². The van der Waals surface area contributed by atoms with E-state index >= 15 is 0 Å². The number of nitrogens with zero attached hydrogens (tertiary/aromatic N) is 2. The van der Waals surface area contributed by atoms with Gasteiger partial charge in [0.05, 0.1) is 16.6 Å². The molecule has 0 fully saturated rings. The van der Waals surface area contributed by atoms with Crippen molar-refractivity contribution in [3.8, 4) is 44.9 Å². The highest BCUT2D eigenvalue weighted by atomic mass is 14.9. The largest absolute Gasteiger partial charge is 0.228 e. The van der Waals surface area contributed by atoms with E-state index in [0.29, 0.717) is 0 Å². The van der Waals surface area contributed by atoms with Gasteiger partial charge in [0.25, 0.3) is 0 Å². The third-order valence-corrected chi connectivity index (χ3v) is 10.5. The van der Waals surface area contributed by atoms with Gasteiger partial charge in [0, 0.05) is 16.5 Å². The summed E-state index contributed by atoms with van der Waals surface area (Å²) >= 11 is 0. The van der Waals surface area contributed by atoms with Gasteiger partial charge in [-0.15, -0.1) is 0 Å². The molecule has 8 aromatic carbocycles. The molecule has 1 aliphatic carbocycles. The molecule has 0 unspecified atom stereocenters. The maximum absolute atomic E-state index is 5.18. The van der Waals surface area contributed by atoms with Crippen molar-refractivity contribution in [2.75, 3.05) is 0 Å². The predicted octanol–water partition coefficient (Wildman–Crippen LogP) is 12.1. The Hall–Kier alpha value is -6.64. The van der Waals surface area contributed by atoms with E-state index in [0.717, 1.165) is 44.7 Å². The summed E-state index contributed by atoms with van der Waals surface area (Å²) in [4.78, 5) is 10.2. The molecule has 2 nitrogen and oxygen atoms in total. The van der Waals surface area contributed by atoms with Crippen LogP contribution in [0, 0.1) is 0 Å². The van der Waals surface area contributed by atoms with Crippen LogP contribution >= 0.6 is 0 Å². The molecule has 0 radical (unpaired) electrons. The smallest absolute Gasteiger partial charge is 0.160 e. The van der Waals surface area contributed by atoms with Crippen molar-refractivity contribution in [3.63, 3.8) is 0 Å². The molecule has 0 spiro atoms. The van der Waals surface area contributed by atoms with Crippen molar-refractivity contribution in [2.24, 2.45) is 0 Å². The lowest BCUT2D eigenvalue weighted by Crippen LogP contribution is -2.28. The van der Waals surface area contributed by atoms with E-state index in [1.165, 1.54) is 44.2 Å². The number of hydrogen-bond acceptors (Lipinski definition) is 2. The topological polar surface area (TPSA) is 25.8 Å². The number of rotatable bonds is 5. The Kier molecular flexibility index (Phi) is 6.75. The summed E-state index contributed by atoms with van der Waals surface area (Å²) in [6, 6.07) is 70.0. The van der Waals surface area contributed by atoms with Gasteiger partial charge in [-0.1, -0.05) is 164 Å². The molecule has 2 heteroatoms. The molecule has 0 atom stereocenters. The van der Waals surface area contributed by atoms with Crippen LogP contribution in [0.5, 0.6) is 0 Å². The van der Waals surface area contributed by atoms with E-state index in [1.807, 2.05) is 24.3 Å². The molecule has 1 heterocycles. The summed E-state index contributed by atoms with van der Waals surface area (Å²) in [5.74, 6) is 0.730. The molecule has 0 aliphatic heterocycles. The van der Waals surface area contributed by atoms with Gasteiger partial charge in [-0.25, -0.2) is 9.97 Å². The molecule has 1 aliphatic rings. The van der Waals surface area contributed by atoms with Crippen LogP contribution in [0.15, 0.2) is 194 Å². The molecule has 9 aromatic rings. The Morgan fingerprint density at radius 2 is 0.882 bits per heavy atom. The van der Waals surface area contributed by atoms with Crippen LogP contribution in [0.2, 0.25) is 0 Å². The lowest BCUT2D eigenvalue weighted by Gasteiger charge is -2.34. The summed E-state index contributed by atoms with van der Waals surface area (Å²) in [6.45, 7) is 0. The lowest BCUT2D eigenvalue weighted by atomic mass is 9.67. The Morgan fingerprint density at radius 3 is 1.55 bits per heavy atom. The van der Waals surface area contributed by atoms with Crippen LogP contribution in [0.1, 0.15) is 22.3 Å². The van der Waals surface area contributed by atoms with Crippen LogP contribution in [0.4, 0.5) is 0 Å². The zero-order valence-corrected chi connectivity index (χ0v) is 27.9. The Bertz CT molecular complexity index is 2680. The first kappa shape index (κ1) is 29.3. The second kappa shape index (κ2) is 11.8. The van der Waals surface area contributed by atoms with Crippen LogP contribution < -0.4 is 0 Å². The highest BCUT2D eigenvalue weighted by molar-refractivity contribution is 5.99. The van der Waals surface area contributed by atoms with Gasteiger partial charge in [-0.2, -0.15) is 0 Å². The van der Waals surface area contributed by atoms with Gasteiger partial charge in [0.1, 0.15) is 0 Å². The highest BCUT2D eigenvalue weighted by Crippen LogP contribution is 2.57. The van der Waals surface area contributed by atoms with E-state index in [1.54, 1.807) is 0 Å². The summed E-state index contributed by atoms with van der Waals surface area (Å²) < 4.78 is 0. The number of hydrogen-bond donors (Lipinski definition) is 0. The molecule has 10 rings (SSSR count). The summed E-state index contributed by atoms with van der Waals surface area (Å²) in [7, 11) is 0. The Balaban J connectivity index is 1.23. The second-order valence-corrected chi connectivity index (χ2v) is 13.3. The normalized spacial score (nSPS) is 12.9. The molecular formula is C49H32N2. The minimum Gasteiger partial charge on any atom is -0.228 e. The minimum absolute atomic E-state index is 0.493. The van der Waals surface area contributed by atoms with E-state index in [2.05, 4.69) is 170 Å². The quantitative estimate of drug-likeness (QED) is 0.186. The minimum atomic E-state index is -0.493. The summed E-state index contributed by atoms with van der Waals surface area (Å²) in [6.07, 6.45) is 0. The van der Waals surface area contributed by atoms with Gasteiger partial charge in [0.15, 0.2) is 5.82 Å². The van der Waals surface area contributed by atoms with Crippen molar-refractivity contribution in [1.82, 2.24) is 9.97 Å². The Labute approximate surface area is 297 Å². The third-order valence-electron chi connectivity index (χ3n) is 10.5. The van der Waals surface area contributed by atoms with Crippen molar-refractivity contribution in [2.45, 2.75) is 5.41 Å². The predicted molar refractivity (Wildman–Crippen MR) is 211 cm³/mol. The van der Waals surface area contributed by atoms with Gasteiger partial charge >= 0.3 is 0 Å². The first-order valence-corrected chi connectivity index (χ1v) is 17.5. The maximum atomic E-state index is 5.18. The maximum Gasteiger partial charge on any atom is 0.160 e. The zero-order valence-electron chi connectivity index (χ0n) is 27.9. The van der Waals surface area contributed by atoms with Crippen LogP contribution in [0.25, 0.3) is 66.6 Å². The molecule has 1 aromatic heterocycles. The van der Waals surface area contributed by atoms with Crippen molar-refractivity contribution in [3.05, 3.63) is 216 Å². The van der Waals surface area contributed by atoms with Crippen molar-refractivity contribution in [1.29, 1.82) is 0 Å². The fraction of sp³-hybridized carbons (Fsp3) is 0.0204. The SMILES string of the molecule is c1ccc(-c2nc(-c3ccccc3)c3cc(-c4ccc5c(c4)C(c4ccccc4)(c4ccccc4)c4cc6ccccc6cc4-5)ccc3n2)cc1. The fourth-order valence-corrected chi connectivity index (χ4v) is 8.19. The highest BCUT2D eigenvalue weighted by Gasteiger charge is 2.46. The van der Waals surface area contributed by atoms with E-state index < -0.39 is 5.41 Å². The molecular weight excluding hydrogens is 617 g/mol. The molecule has 0 saturated heterocycles. The lowest BCUT2D eigenvalue weighted by molar-refractivity contribution is 0.770. The summed E-state index contributed by atoms with van der Waals surface area (Å²) in [5.41, 5.74) is 13.4. The van der Waals surface area contributed by atoms with Gasteiger partial charge in [-0.3, -0.25) is 0 Å². The van der Waals surface area contributed by atoms with Gasteiger partial charge < -0.3 is 0 Å². The molecule has 238 valence electrons. The number of benzene rings is 8. The van der Waals surface area contributed by atoms with Gasteiger partial charge in [-0.05, 0) is 85.6 Å². The molecule has 51 heavy (non-hydrogen) atoms. The molecule has 0 bridgehead atoms. The zero-order chi connectivity index (χ0) is 33.8. The molecule has 0 amide bonds. The van der Waals surface area contributed by atoms with Crippen LogP contribution in [-0.4, -0.2) is 9.97 Å². The first-order valence-electron chi connectivity index (χ1n) is 17.5. The average Bonchev–Trinajstić information content (AvgIpc) is 3.49. The van der Waals surface area contributed by atoms with E-state index in [4.69, 9.17) is 9.97 Å². The number of fused-ring (bicyclic) bond motifs is 5. The van der Waals surface area contributed by atoms with E-state index in [9.17, 15) is 0 Å². The molecule has 0 saturated carbocycles. The third kappa shape index (κ3) is 4.65. The first-order chi connectivity index (χ1) is 25.3.